The van der Waals surface area contributed by atoms with Crippen LogP contribution < -0.4 is 0 Å². The Bertz CT molecular complexity index is 999. The first-order chi connectivity index (χ1) is 16.2. The molecule has 0 aromatic heterocycles. The van der Waals surface area contributed by atoms with Gasteiger partial charge in [-0.1, -0.05) is 24.4 Å². The Morgan fingerprint density at radius 2 is 1.65 bits per heavy atom. The minimum absolute atomic E-state index is 0.00613. The summed E-state index contributed by atoms with van der Waals surface area (Å²) in [7, 11) is -3.86. The molecule has 1 aromatic rings. The third kappa shape index (κ3) is 6.49. The number of amides is 1. The second-order valence-corrected chi connectivity index (χ2v) is 10.8. The fourth-order valence-corrected chi connectivity index (χ4v) is 6.19. The summed E-state index contributed by atoms with van der Waals surface area (Å²) in [5, 5.41) is 0.0290. The van der Waals surface area contributed by atoms with E-state index in [9.17, 15) is 22.8 Å². The number of piperidine rings is 1. The number of benzene rings is 1. The number of rotatable bonds is 7. The molecule has 0 radical (unpaired) electrons. The summed E-state index contributed by atoms with van der Waals surface area (Å²) in [5.74, 6) is -1.67. The van der Waals surface area contributed by atoms with Gasteiger partial charge in [0.2, 0.25) is 10.0 Å². The molecule has 0 bridgehead atoms. The van der Waals surface area contributed by atoms with Gasteiger partial charge in [-0.05, 0) is 50.8 Å². The van der Waals surface area contributed by atoms with Gasteiger partial charge < -0.3 is 14.4 Å². The summed E-state index contributed by atoms with van der Waals surface area (Å²) < 4.78 is 37.8. The van der Waals surface area contributed by atoms with E-state index in [1.54, 1.807) is 11.8 Å². The summed E-state index contributed by atoms with van der Waals surface area (Å²) >= 11 is 6.18. The molecule has 1 amide bonds. The quantitative estimate of drug-likeness (QED) is 0.514. The first kappa shape index (κ1) is 26.4. The zero-order chi connectivity index (χ0) is 24.7. The van der Waals surface area contributed by atoms with Gasteiger partial charge in [0.1, 0.15) is 4.90 Å². The van der Waals surface area contributed by atoms with Crippen LogP contribution in [-0.2, 0) is 29.1 Å². The zero-order valence-electron chi connectivity index (χ0n) is 19.3. The van der Waals surface area contributed by atoms with Gasteiger partial charge in [-0.15, -0.1) is 0 Å². The van der Waals surface area contributed by atoms with Gasteiger partial charge >= 0.3 is 11.9 Å². The molecule has 34 heavy (non-hydrogen) atoms. The molecule has 9 nitrogen and oxygen atoms in total. The van der Waals surface area contributed by atoms with E-state index in [1.165, 1.54) is 22.5 Å². The fourth-order valence-electron chi connectivity index (χ4n) is 4.18. The summed E-state index contributed by atoms with van der Waals surface area (Å²) in [4.78, 5) is 38.3. The van der Waals surface area contributed by atoms with Crippen molar-refractivity contribution in [3.8, 4) is 0 Å². The molecule has 0 atom stereocenters. The average Bonchev–Trinajstić information content (AvgIpc) is 3.13. The molecule has 0 spiro atoms. The molecular formula is C23H31ClN2O7S. The van der Waals surface area contributed by atoms with Crippen molar-refractivity contribution in [1.82, 2.24) is 9.21 Å². The lowest BCUT2D eigenvalue weighted by atomic mass is 9.97. The molecule has 3 rings (SSSR count). The van der Waals surface area contributed by atoms with Crippen LogP contribution in [0.5, 0.6) is 0 Å². The van der Waals surface area contributed by atoms with Crippen molar-refractivity contribution >= 4 is 39.5 Å². The maximum absolute atomic E-state index is 13.1. The molecule has 0 saturated carbocycles. The Labute approximate surface area is 205 Å². The molecule has 2 saturated heterocycles. The number of carbonyl (C=O) groups excluding carboxylic acids is 3. The van der Waals surface area contributed by atoms with Gasteiger partial charge in [0.15, 0.2) is 6.61 Å². The number of likely N-dealkylation sites (tertiary alicyclic amines) is 1. The number of halogens is 1. The van der Waals surface area contributed by atoms with Crippen LogP contribution in [0.2, 0.25) is 5.02 Å². The average molecular weight is 515 g/mol. The van der Waals surface area contributed by atoms with Gasteiger partial charge in [-0.25, -0.2) is 13.2 Å². The highest BCUT2D eigenvalue weighted by molar-refractivity contribution is 7.89. The summed E-state index contributed by atoms with van der Waals surface area (Å²) in [6, 6.07) is 3.94. The number of sulfonamides is 1. The number of nitrogens with zero attached hydrogens (tertiary/aromatic N) is 2. The summed E-state index contributed by atoms with van der Waals surface area (Å²) in [6.45, 7) is 3.17. The monoisotopic (exact) mass is 514 g/mol. The highest BCUT2D eigenvalue weighted by atomic mass is 35.5. The summed E-state index contributed by atoms with van der Waals surface area (Å²) in [6.07, 6.45) is 4.48. The van der Waals surface area contributed by atoms with Crippen LogP contribution in [0.3, 0.4) is 0 Å². The van der Waals surface area contributed by atoms with Crippen LogP contribution in [0.15, 0.2) is 23.1 Å². The second-order valence-electron chi connectivity index (χ2n) is 8.45. The van der Waals surface area contributed by atoms with Gasteiger partial charge in [0.25, 0.3) is 5.91 Å². The van der Waals surface area contributed by atoms with E-state index in [0.29, 0.717) is 45.6 Å². The lowest BCUT2D eigenvalue weighted by Crippen LogP contribution is -2.42. The Kier molecular flexibility index (Phi) is 9.32. The van der Waals surface area contributed by atoms with Crippen LogP contribution in [0.1, 0.15) is 55.8 Å². The second kappa shape index (κ2) is 12.0. The first-order valence-corrected chi connectivity index (χ1v) is 13.5. The normalized spacial score (nSPS) is 18.2. The van der Waals surface area contributed by atoms with Crippen LogP contribution in [0.4, 0.5) is 0 Å². The number of esters is 2. The van der Waals surface area contributed by atoms with Crippen molar-refractivity contribution in [3.63, 3.8) is 0 Å². The molecule has 2 fully saturated rings. The summed E-state index contributed by atoms with van der Waals surface area (Å²) in [5.41, 5.74) is 0.00613. The van der Waals surface area contributed by atoms with E-state index in [2.05, 4.69) is 0 Å². The molecule has 0 aliphatic carbocycles. The number of hydrogen-bond donors (Lipinski definition) is 0. The molecule has 0 N–H and O–H groups in total. The van der Waals surface area contributed by atoms with Crippen LogP contribution >= 0.6 is 11.6 Å². The predicted octanol–water partition coefficient (Wildman–Crippen LogP) is 2.86. The van der Waals surface area contributed by atoms with E-state index in [1.807, 2.05) is 0 Å². The highest BCUT2D eigenvalue weighted by Crippen LogP contribution is 2.28. The zero-order valence-corrected chi connectivity index (χ0v) is 20.9. The van der Waals surface area contributed by atoms with Crippen molar-refractivity contribution < 1.29 is 32.3 Å². The first-order valence-electron chi connectivity index (χ1n) is 11.6. The van der Waals surface area contributed by atoms with Crippen molar-refractivity contribution in [2.24, 2.45) is 5.92 Å². The van der Waals surface area contributed by atoms with E-state index in [4.69, 9.17) is 21.1 Å². The molecule has 2 aliphatic heterocycles. The van der Waals surface area contributed by atoms with E-state index in [0.717, 1.165) is 25.7 Å². The topological polar surface area (TPSA) is 110 Å². The van der Waals surface area contributed by atoms with Crippen molar-refractivity contribution in [2.45, 2.75) is 50.3 Å². The van der Waals surface area contributed by atoms with Crippen molar-refractivity contribution in [3.05, 3.63) is 28.8 Å². The SMILES string of the molecule is CCOC(=O)C1CCN(C(=O)COC(=O)c2ccc(Cl)c(S(=O)(=O)N3CCCCCC3)c2)CC1. The molecule has 2 aliphatic rings. The lowest BCUT2D eigenvalue weighted by Gasteiger charge is -2.30. The largest absolute Gasteiger partial charge is 0.466 e. The Morgan fingerprint density at radius 1 is 1.00 bits per heavy atom. The van der Waals surface area contributed by atoms with Crippen LogP contribution in [0, 0.1) is 5.92 Å². The van der Waals surface area contributed by atoms with E-state index >= 15 is 0 Å². The lowest BCUT2D eigenvalue weighted by molar-refractivity contribution is -0.151. The highest BCUT2D eigenvalue weighted by Gasteiger charge is 2.30. The Hall–Kier alpha value is -2.17. The minimum Gasteiger partial charge on any atom is -0.466 e. The molecule has 2 heterocycles. The number of carbonyl (C=O) groups is 3. The minimum atomic E-state index is -3.86. The standard InChI is InChI=1S/C23H31ClN2O7S/c1-2-32-22(28)17-9-13-25(14-10-17)21(27)16-33-23(29)18-7-8-19(24)20(15-18)34(30,31)26-11-5-3-4-6-12-26/h7-8,15,17H,2-6,9-14,16H2,1H3. The van der Waals surface area contributed by atoms with Gasteiger partial charge in [0.05, 0.1) is 23.1 Å². The fraction of sp³-hybridized carbons (Fsp3) is 0.609. The third-order valence-electron chi connectivity index (χ3n) is 6.14. The Morgan fingerprint density at radius 3 is 2.26 bits per heavy atom. The maximum atomic E-state index is 13.1. The van der Waals surface area contributed by atoms with E-state index < -0.39 is 22.6 Å². The number of hydrogen-bond acceptors (Lipinski definition) is 7. The molecule has 11 heteroatoms. The van der Waals surface area contributed by atoms with Gasteiger partial charge in [-0.3, -0.25) is 9.59 Å². The molecule has 0 unspecified atom stereocenters. The van der Waals surface area contributed by atoms with Gasteiger partial charge in [0, 0.05) is 26.2 Å². The third-order valence-corrected chi connectivity index (χ3v) is 8.52. The van der Waals surface area contributed by atoms with Crippen LogP contribution in [0.25, 0.3) is 0 Å². The molecular weight excluding hydrogens is 484 g/mol. The van der Waals surface area contributed by atoms with Crippen molar-refractivity contribution in [2.75, 3.05) is 39.4 Å². The predicted molar refractivity (Wildman–Crippen MR) is 125 cm³/mol. The molecule has 1 aromatic carbocycles. The Balaban J connectivity index is 1.59. The molecule has 188 valence electrons. The van der Waals surface area contributed by atoms with Crippen molar-refractivity contribution in [1.29, 1.82) is 0 Å². The van der Waals surface area contributed by atoms with Gasteiger partial charge in [-0.2, -0.15) is 4.31 Å². The van der Waals surface area contributed by atoms with Crippen LogP contribution in [-0.4, -0.2) is 74.9 Å². The smallest absolute Gasteiger partial charge is 0.338 e. The van der Waals surface area contributed by atoms with E-state index in [-0.39, 0.29) is 33.3 Å². The maximum Gasteiger partial charge on any atom is 0.338 e. The number of ether oxygens (including phenoxy) is 2.